The molecule has 0 saturated carbocycles. The first-order chi connectivity index (χ1) is 15.1. The fourth-order valence-corrected chi connectivity index (χ4v) is 3.83. The van der Waals surface area contributed by atoms with Crippen molar-refractivity contribution in [2.45, 2.75) is 26.6 Å². The van der Waals surface area contributed by atoms with Gasteiger partial charge in [-0.05, 0) is 54.4 Å². The lowest BCUT2D eigenvalue weighted by Gasteiger charge is -2.15. The molecule has 0 fully saturated rings. The number of aromatic nitrogens is 2. The summed E-state index contributed by atoms with van der Waals surface area (Å²) in [7, 11) is 0. The van der Waals surface area contributed by atoms with Gasteiger partial charge in [-0.3, -0.25) is 0 Å². The fourth-order valence-electron chi connectivity index (χ4n) is 3.24. The van der Waals surface area contributed by atoms with Crippen molar-refractivity contribution in [2.24, 2.45) is 0 Å². The van der Waals surface area contributed by atoms with Crippen LogP contribution in [0.15, 0.2) is 65.1 Å². The maximum atomic E-state index is 6.03. The molecule has 0 radical (unpaired) electrons. The molecule has 1 aromatic heterocycles. The van der Waals surface area contributed by atoms with Gasteiger partial charge in [-0.25, -0.2) is 4.98 Å². The van der Waals surface area contributed by atoms with Crippen LogP contribution >= 0.6 is 27.5 Å². The van der Waals surface area contributed by atoms with Gasteiger partial charge in [0, 0.05) is 16.0 Å². The van der Waals surface area contributed by atoms with Gasteiger partial charge >= 0.3 is 0 Å². The Balaban J connectivity index is 1.42. The van der Waals surface area contributed by atoms with E-state index in [0.29, 0.717) is 37.1 Å². The molecule has 0 amide bonds. The minimum absolute atomic E-state index is 0.438. The van der Waals surface area contributed by atoms with E-state index in [4.69, 9.17) is 21.1 Å². The average molecular weight is 501 g/mol. The maximum Gasteiger partial charge on any atom is 0.162 e. The van der Waals surface area contributed by atoms with Crippen LogP contribution in [0.25, 0.3) is 11.0 Å². The van der Waals surface area contributed by atoms with E-state index in [1.165, 1.54) is 0 Å². The predicted octanol–water partition coefficient (Wildman–Crippen LogP) is 6.25. The molecule has 0 bridgehead atoms. The summed E-state index contributed by atoms with van der Waals surface area (Å²) in [6.07, 6.45) is 0. The zero-order valence-electron chi connectivity index (χ0n) is 17.1. The van der Waals surface area contributed by atoms with Crippen molar-refractivity contribution in [1.82, 2.24) is 15.3 Å². The van der Waals surface area contributed by atoms with Crippen molar-refractivity contribution in [3.05, 3.63) is 87.1 Å². The van der Waals surface area contributed by atoms with Crippen molar-refractivity contribution in [1.29, 1.82) is 0 Å². The van der Waals surface area contributed by atoms with Gasteiger partial charge in [0.15, 0.2) is 11.5 Å². The summed E-state index contributed by atoms with van der Waals surface area (Å²) >= 11 is 9.62. The van der Waals surface area contributed by atoms with Crippen molar-refractivity contribution in [3.63, 3.8) is 0 Å². The highest BCUT2D eigenvalue weighted by atomic mass is 79.9. The number of hydrogen-bond acceptors (Lipinski definition) is 4. The normalized spacial score (nSPS) is 11.1. The summed E-state index contributed by atoms with van der Waals surface area (Å²) in [5.41, 5.74) is 4.14. The van der Waals surface area contributed by atoms with Crippen LogP contribution in [0.4, 0.5) is 0 Å². The second kappa shape index (κ2) is 10.2. The topological polar surface area (TPSA) is 59.2 Å². The second-order valence-corrected chi connectivity index (χ2v) is 8.33. The summed E-state index contributed by atoms with van der Waals surface area (Å²) in [6, 6.07) is 19.6. The van der Waals surface area contributed by atoms with Crippen molar-refractivity contribution >= 4 is 38.6 Å². The molecule has 2 N–H and O–H groups in total. The first-order valence-electron chi connectivity index (χ1n) is 10.1. The van der Waals surface area contributed by atoms with E-state index in [-0.39, 0.29) is 0 Å². The quantitative estimate of drug-likeness (QED) is 0.285. The number of nitrogens with zero attached hydrogens (tertiary/aromatic N) is 1. The highest BCUT2D eigenvalue weighted by Gasteiger charge is 2.12. The third-order valence-electron chi connectivity index (χ3n) is 4.77. The minimum Gasteiger partial charge on any atom is -0.490 e. The van der Waals surface area contributed by atoms with Gasteiger partial charge in [0.25, 0.3) is 0 Å². The summed E-state index contributed by atoms with van der Waals surface area (Å²) in [6.45, 7) is 4.26. The molecule has 0 aliphatic heterocycles. The third-order valence-corrected chi connectivity index (χ3v) is 5.76. The van der Waals surface area contributed by atoms with Crippen molar-refractivity contribution < 1.29 is 9.47 Å². The molecule has 7 heteroatoms. The number of imidazole rings is 1. The van der Waals surface area contributed by atoms with E-state index in [1.54, 1.807) is 0 Å². The van der Waals surface area contributed by atoms with Gasteiger partial charge in [-0.2, -0.15) is 0 Å². The van der Waals surface area contributed by atoms with E-state index in [2.05, 4.69) is 31.2 Å². The Morgan fingerprint density at radius 3 is 2.55 bits per heavy atom. The number of H-pyrrole nitrogens is 1. The van der Waals surface area contributed by atoms with Gasteiger partial charge in [0.1, 0.15) is 12.4 Å². The molecule has 31 heavy (non-hydrogen) atoms. The Hall–Kier alpha value is -2.54. The number of hydrogen-bond donors (Lipinski definition) is 2. The SMILES string of the molecule is CCOc1cc(CNCc2nc3ccccc3[nH]2)c(Br)cc1OCc1ccc(Cl)cc1. The van der Waals surface area contributed by atoms with E-state index in [1.807, 2.05) is 67.6 Å². The van der Waals surface area contributed by atoms with E-state index >= 15 is 0 Å². The standard InChI is InChI=1S/C24H23BrClN3O2/c1-2-30-22-11-17(13-27-14-24-28-20-5-3-4-6-21(20)29-24)19(25)12-23(22)31-15-16-7-9-18(26)10-8-16/h3-12,27H,2,13-15H2,1H3,(H,28,29). The number of para-hydroxylation sites is 2. The highest BCUT2D eigenvalue weighted by Crippen LogP contribution is 2.34. The molecule has 4 aromatic rings. The molecule has 5 nitrogen and oxygen atoms in total. The van der Waals surface area contributed by atoms with Crippen LogP contribution in [0.2, 0.25) is 5.02 Å². The largest absolute Gasteiger partial charge is 0.490 e. The Morgan fingerprint density at radius 1 is 1.00 bits per heavy atom. The van der Waals surface area contributed by atoms with Crippen LogP contribution < -0.4 is 14.8 Å². The molecule has 0 atom stereocenters. The van der Waals surface area contributed by atoms with Crippen LogP contribution in [0.5, 0.6) is 11.5 Å². The number of rotatable bonds is 9. The number of nitrogens with one attached hydrogen (secondary N) is 2. The van der Waals surface area contributed by atoms with E-state index in [0.717, 1.165) is 38.2 Å². The molecular weight excluding hydrogens is 478 g/mol. The molecule has 3 aromatic carbocycles. The number of aromatic amines is 1. The zero-order chi connectivity index (χ0) is 21.6. The third kappa shape index (κ3) is 5.58. The number of ether oxygens (including phenoxy) is 2. The molecule has 0 unspecified atom stereocenters. The zero-order valence-corrected chi connectivity index (χ0v) is 19.5. The van der Waals surface area contributed by atoms with E-state index < -0.39 is 0 Å². The molecule has 0 aliphatic rings. The summed E-state index contributed by atoms with van der Waals surface area (Å²) in [5.74, 6) is 2.33. The van der Waals surface area contributed by atoms with Gasteiger partial charge in [0.05, 0.1) is 24.2 Å². The number of halogens is 2. The fraction of sp³-hybridized carbons (Fsp3) is 0.208. The van der Waals surface area contributed by atoms with Crippen molar-refractivity contribution in [2.75, 3.05) is 6.61 Å². The second-order valence-electron chi connectivity index (χ2n) is 7.04. The van der Waals surface area contributed by atoms with Crippen LogP contribution in [-0.2, 0) is 19.7 Å². The molecule has 0 spiro atoms. The van der Waals surface area contributed by atoms with Crippen LogP contribution in [-0.4, -0.2) is 16.6 Å². The average Bonchev–Trinajstić information content (AvgIpc) is 3.19. The van der Waals surface area contributed by atoms with Crippen molar-refractivity contribution in [3.8, 4) is 11.5 Å². The molecule has 0 saturated heterocycles. The highest BCUT2D eigenvalue weighted by molar-refractivity contribution is 9.10. The Morgan fingerprint density at radius 2 is 1.77 bits per heavy atom. The van der Waals surface area contributed by atoms with E-state index in [9.17, 15) is 0 Å². The smallest absolute Gasteiger partial charge is 0.162 e. The minimum atomic E-state index is 0.438. The predicted molar refractivity (Wildman–Crippen MR) is 128 cm³/mol. The molecule has 1 heterocycles. The summed E-state index contributed by atoms with van der Waals surface area (Å²) in [4.78, 5) is 7.94. The summed E-state index contributed by atoms with van der Waals surface area (Å²) < 4.78 is 12.8. The Bertz CT molecular complexity index is 1130. The lowest BCUT2D eigenvalue weighted by molar-refractivity contribution is 0.269. The molecular formula is C24H23BrClN3O2. The number of fused-ring (bicyclic) bond motifs is 1. The van der Waals surface area contributed by atoms with Crippen LogP contribution in [0, 0.1) is 0 Å². The molecule has 0 aliphatic carbocycles. The maximum absolute atomic E-state index is 6.03. The lowest BCUT2D eigenvalue weighted by atomic mass is 10.2. The van der Waals surface area contributed by atoms with Gasteiger partial charge in [-0.1, -0.05) is 51.8 Å². The first kappa shape index (κ1) is 21.7. The lowest BCUT2D eigenvalue weighted by Crippen LogP contribution is -2.14. The summed E-state index contributed by atoms with van der Waals surface area (Å²) in [5, 5.41) is 4.15. The van der Waals surface area contributed by atoms with Crippen LogP contribution in [0.3, 0.4) is 0 Å². The molecule has 4 rings (SSSR count). The number of benzene rings is 3. The van der Waals surface area contributed by atoms with Gasteiger partial charge < -0.3 is 19.8 Å². The first-order valence-corrected chi connectivity index (χ1v) is 11.3. The van der Waals surface area contributed by atoms with Gasteiger partial charge in [0.2, 0.25) is 0 Å². The Kier molecular flexibility index (Phi) is 7.12. The van der Waals surface area contributed by atoms with Crippen LogP contribution in [0.1, 0.15) is 23.9 Å². The van der Waals surface area contributed by atoms with Gasteiger partial charge in [-0.15, -0.1) is 0 Å². The molecule has 160 valence electrons. The Labute approximate surface area is 194 Å². The monoisotopic (exact) mass is 499 g/mol.